The third-order valence-electron chi connectivity index (χ3n) is 4.55. The van der Waals surface area contributed by atoms with Gasteiger partial charge in [-0.05, 0) is 35.4 Å². The first kappa shape index (κ1) is 17.5. The zero-order chi connectivity index (χ0) is 18.1. The van der Waals surface area contributed by atoms with Crippen molar-refractivity contribution in [1.82, 2.24) is 0 Å². The second-order valence-electron chi connectivity index (χ2n) is 7.52. The molecule has 0 radical (unpaired) electrons. The molecule has 0 spiro atoms. The second kappa shape index (κ2) is 6.99. The van der Waals surface area contributed by atoms with Crippen molar-refractivity contribution in [1.29, 1.82) is 0 Å². The van der Waals surface area contributed by atoms with E-state index in [1.807, 2.05) is 22.7 Å². The molecule has 4 rings (SSSR count). The molecule has 0 saturated heterocycles. The molecular weight excluding hydrogens is 368 g/mol. The lowest BCUT2D eigenvalue weighted by Gasteiger charge is -2.16. The smallest absolute Gasteiger partial charge is 0.0775 e. The molecular formula is C23H22S2Si. The summed E-state index contributed by atoms with van der Waals surface area (Å²) in [7, 11) is -1.23. The number of rotatable bonds is 4. The fraction of sp³-hybridized carbons (Fsp3) is 0.130. The quantitative estimate of drug-likeness (QED) is 0.319. The van der Waals surface area contributed by atoms with Gasteiger partial charge in [0.05, 0.1) is 8.07 Å². The van der Waals surface area contributed by atoms with Crippen LogP contribution in [-0.4, -0.2) is 8.07 Å². The predicted octanol–water partition coefficient (Wildman–Crippen LogP) is 7.36. The summed E-state index contributed by atoms with van der Waals surface area (Å²) in [6.07, 6.45) is 0. The van der Waals surface area contributed by atoms with Gasteiger partial charge < -0.3 is 0 Å². The molecule has 0 N–H and O–H groups in total. The number of thiophene rings is 2. The molecule has 0 aliphatic carbocycles. The highest BCUT2D eigenvalue weighted by Crippen LogP contribution is 2.40. The average Bonchev–Trinajstić information content (AvgIpc) is 3.31. The van der Waals surface area contributed by atoms with Crippen molar-refractivity contribution in [2.24, 2.45) is 0 Å². The van der Waals surface area contributed by atoms with Crippen molar-refractivity contribution in [3.8, 4) is 30.6 Å². The predicted molar refractivity (Wildman–Crippen MR) is 121 cm³/mol. The van der Waals surface area contributed by atoms with Crippen molar-refractivity contribution in [3.05, 3.63) is 78.9 Å². The van der Waals surface area contributed by atoms with Crippen molar-refractivity contribution < 1.29 is 0 Å². The van der Waals surface area contributed by atoms with E-state index in [1.165, 1.54) is 35.8 Å². The first-order chi connectivity index (χ1) is 12.5. The van der Waals surface area contributed by atoms with Crippen LogP contribution in [0.2, 0.25) is 19.6 Å². The Morgan fingerprint density at radius 3 is 1.46 bits per heavy atom. The maximum absolute atomic E-state index is 2.40. The Bertz CT molecular complexity index is 1000. The number of hydrogen-bond acceptors (Lipinski definition) is 2. The molecule has 2 aromatic heterocycles. The van der Waals surface area contributed by atoms with E-state index < -0.39 is 8.07 Å². The third kappa shape index (κ3) is 3.61. The van der Waals surface area contributed by atoms with Crippen molar-refractivity contribution in [3.63, 3.8) is 0 Å². The molecule has 0 atom stereocenters. The summed E-state index contributed by atoms with van der Waals surface area (Å²) in [4.78, 5) is 5.37. The fourth-order valence-electron chi connectivity index (χ4n) is 2.99. The first-order valence-corrected chi connectivity index (χ1v) is 14.0. The molecule has 2 aromatic carbocycles. The van der Waals surface area contributed by atoms with Crippen molar-refractivity contribution >= 4 is 35.9 Å². The van der Waals surface area contributed by atoms with Gasteiger partial charge in [0, 0.05) is 19.5 Å². The van der Waals surface area contributed by atoms with E-state index in [0.717, 1.165) is 0 Å². The average molecular weight is 391 g/mol. The van der Waals surface area contributed by atoms with Crippen LogP contribution >= 0.6 is 22.7 Å². The zero-order valence-electron chi connectivity index (χ0n) is 15.3. The maximum atomic E-state index is 2.40. The SMILES string of the molecule is C[Si](C)(C)c1ccc(-c2ccc(-c3ccc(-c4ccccc4)s3)s2)cc1. The Labute approximate surface area is 164 Å². The molecule has 0 bridgehead atoms. The van der Waals surface area contributed by atoms with Crippen LogP contribution < -0.4 is 5.19 Å². The Kier molecular flexibility index (Phi) is 4.70. The van der Waals surface area contributed by atoms with Crippen LogP contribution in [0, 0.1) is 0 Å². The van der Waals surface area contributed by atoms with Crippen LogP contribution in [0.4, 0.5) is 0 Å². The maximum Gasteiger partial charge on any atom is 0.0775 e. The molecule has 130 valence electrons. The molecule has 3 heteroatoms. The third-order valence-corrected chi connectivity index (χ3v) is 9.08. The van der Waals surface area contributed by atoms with E-state index in [0.29, 0.717) is 0 Å². The molecule has 0 saturated carbocycles. The Hall–Kier alpha value is -1.94. The zero-order valence-corrected chi connectivity index (χ0v) is 18.0. The van der Waals surface area contributed by atoms with E-state index in [2.05, 4.69) is 98.5 Å². The van der Waals surface area contributed by atoms with E-state index in [1.54, 1.807) is 0 Å². The van der Waals surface area contributed by atoms with Gasteiger partial charge in [-0.2, -0.15) is 0 Å². The van der Waals surface area contributed by atoms with Gasteiger partial charge in [-0.15, -0.1) is 22.7 Å². The lowest BCUT2D eigenvalue weighted by Crippen LogP contribution is -2.37. The Morgan fingerprint density at radius 2 is 0.962 bits per heavy atom. The van der Waals surface area contributed by atoms with Gasteiger partial charge in [0.25, 0.3) is 0 Å². The molecule has 0 aliphatic rings. The molecule has 4 aromatic rings. The minimum Gasteiger partial charge on any atom is -0.134 e. The summed E-state index contributed by atoms with van der Waals surface area (Å²) in [5, 5.41) is 1.52. The van der Waals surface area contributed by atoms with Crippen LogP contribution in [0.1, 0.15) is 0 Å². The number of benzene rings is 2. The second-order valence-corrected chi connectivity index (χ2v) is 14.8. The lowest BCUT2D eigenvalue weighted by atomic mass is 10.2. The fourth-order valence-corrected chi connectivity index (χ4v) is 6.27. The Morgan fingerprint density at radius 1 is 0.500 bits per heavy atom. The number of hydrogen-bond donors (Lipinski definition) is 0. The van der Waals surface area contributed by atoms with E-state index in [-0.39, 0.29) is 0 Å². The summed E-state index contributed by atoms with van der Waals surface area (Å²) in [5.74, 6) is 0. The van der Waals surface area contributed by atoms with Gasteiger partial charge in [0.15, 0.2) is 0 Å². The summed E-state index contributed by atoms with van der Waals surface area (Å²) in [6, 6.07) is 28.8. The molecule has 0 nitrogen and oxygen atoms in total. The van der Waals surface area contributed by atoms with Crippen molar-refractivity contribution in [2.45, 2.75) is 19.6 Å². The van der Waals surface area contributed by atoms with Gasteiger partial charge in [-0.25, -0.2) is 0 Å². The largest absolute Gasteiger partial charge is 0.134 e. The lowest BCUT2D eigenvalue weighted by molar-refractivity contribution is 1.67. The highest BCUT2D eigenvalue weighted by molar-refractivity contribution is 7.25. The Balaban J connectivity index is 1.60. The minimum atomic E-state index is -1.23. The van der Waals surface area contributed by atoms with Crippen LogP contribution in [-0.2, 0) is 0 Å². The topological polar surface area (TPSA) is 0 Å². The highest BCUT2D eigenvalue weighted by Gasteiger charge is 2.16. The van der Waals surface area contributed by atoms with Gasteiger partial charge in [-0.1, -0.05) is 79.4 Å². The summed E-state index contributed by atoms with van der Waals surface area (Å²) >= 11 is 3.75. The summed E-state index contributed by atoms with van der Waals surface area (Å²) in [6.45, 7) is 7.19. The summed E-state index contributed by atoms with van der Waals surface area (Å²) in [5.41, 5.74) is 2.62. The molecule has 0 amide bonds. The van der Waals surface area contributed by atoms with Crippen LogP contribution in [0.15, 0.2) is 78.9 Å². The molecule has 0 unspecified atom stereocenters. The van der Waals surface area contributed by atoms with Gasteiger partial charge in [0.1, 0.15) is 0 Å². The van der Waals surface area contributed by atoms with Crippen LogP contribution in [0.25, 0.3) is 30.6 Å². The van der Waals surface area contributed by atoms with Crippen molar-refractivity contribution in [2.75, 3.05) is 0 Å². The summed E-state index contributed by atoms with van der Waals surface area (Å²) < 4.78 is 0. The molecule has 0 aliphatic heterocycles. The van der Waals surface area contributed by atoms with Crippen LogP contribution in [0.3, 0.4) is 0 Å². The van der Waals surface area contributed by atoms with E-state index in [4.69, 9.17) is 0 Å². The minimum absolute atomic E-state index is 1.23. The van der Waals surface area contributed by atoms with E-state index in [9.17, 15) is 0 Å². The van der Waals surface area contributed by atoms with Gasteiger partial charge in [-0.3, -0.25) is 0 Å². The standard InChI is InChI=1S/C23H22S2Si/c1-26(2,3)19-11-9-18(10-12-19)21-14-16-23(25-21)22-15-13-20(24-22)17-7-5-4-6-8-17/h4-16H,1-3H3. The van der Waals surface area contributed by atoms with Crippen LogP contribution in [0.5, 0.6) is 0 Å². The molecule has 26 heavy (non-hydrogen) atoms. The van der Waals surface area contributed by atoms with Gasteiger partial charge >= 0.3 is 0 Å². The normalized spacial score (nSPS) is 11.7. The monoisotopic (exact) mass is 390 g/mol. The molecule has 2 heterocycles. The molecule has 0 fully saturated rings. The van der Waals surface area contributed by atoms with Gasteiger partial charge in [0.2, 0.25) is 0 Å². The first-order valence-electron chi connectivity index (χ1n) is 8.87. The van der Waals surface area contributed by atoms with E-state index >= 15 is 0 Å². The highest BCUT2D eigenvalue weighted by atomic mass is 32.1.